The summed E-state index contributed by atoms with van der Waals surface area (Å²) in [7, 11) is 1.57. The van der Waals surface area contributed by atoms with Crippen LogP contribution in [0.25, 0.3) is 10.8 Å². The van der Waals surface area contributed by atoms with Gasteiger partial charge in [0.05, 0.1) is 13.0 Å². The number of carboxylic acids is 1. The number of methoxy groups -OCH3 is 1. The Bertz CT molecular complexity index is 790. The van der Waals surface area contributed by atoms with E-state index in [0.717, 1.165) is 10.8 Å². The molecule has 7 nitrogen and oxygen atoms in total. The number of aliphatic carboxylic acids is 1. The molecular weight excluding hydrogens is 326 g/mol. The largest absolute Gasteiger partial charge is 0.497 e. The lowest BCUT2D eigenvalue weighted by molar-refractivity contribution is -0.570. The van der Waals surface area contributed by atoms with Crippen molar-refractivity contribution in [3.05, 3.63) is 52.1 Å². The molecule has 0 heterocycles. The van der Waals surface area contributed by atoms with Gasteiger partial charge in [0.1, 0.15) is 12.4 Å². The molecule has 0 saturated heterocycles. The molecule has 1 unspecified atom stereocenters. The highest BCUT2D eigenvalue weighted by atomic mass is 16.6. The molecule has 0 aliphatic rings. The lowest BCUT2D eigenvalue weighted by Gasteiger charge is -2.21. The summed E-state index contributed by atoms with van der Waals surface area (Å²) in [5.74, 6) is -1.21. The van der Waals surface area contributed by atoms with Gasteiger partial charge >= 0.3 is 5.97 Å². The van der Waals surface area contributed by atoms with E-state index < -0.39 is 29.0 Å². The molecule has 2 aromatic carbocycles. The Morgan fingerprint density at radius 1 is 1.28 bits per heavy atom. The van der Waals surface area contributed by atoms with Gasteiger partial charge in [-0.2, -0.15) is 0 Å². The van der Waals surface area contributed by atoms with Crippen LogP contribution in [0, 0.1) is 10.1 Å². The van der Waals surface area contributed by atoms with E-state index in [2.05, 4.69) is 0 Å². The third kappa shape index (κ3) is 4.06. The fourth-order valence-corrected chi connectivity index (χ4v) is 2.70. The van der Waals surface area contributed by atoms with Crippen LogP contribution >= 0.6 is 0 Å². The molecule has 0 aliphatic carbocycles. The summed E-state index contributed by atoms with van der Waals surface area (Å²) < 4.78 is 5.17. The predicted octanol–water partition coefficient (Wildman–Crippen LogP) is 2.82. The number of hydrogen-bond acceptors (Lipinski definition) is 5. The summed E-state index contributed by atoms with van der Waals surface area (Å²) in [5, 5.41) is 31.7. The second-order valence-electron chi connectivity index (χ2n) is 6.31. The fourth-order valence-electron chi connectivity index (χ4n) is 2.70. The molecule has 7 heteroatoms. The molecule has 134 valence electrons. The maximum atomic E-state index is 11.7. The lowest BCUT2D eigenvalue weighted by Crippen LogP contribution is -2.39. The maximum absolute atomic E-state index is 11.7. The SMILES string of the molecule is COc1ccc2cc([C@H](CCC(C)(CO)[N+](=O)[O-])C(=O)O)ccc2c1. The van der Waals surface area contributed by atoms with Crippen LogP contribution in [0.4, 0.5) is 0 Å². The molecule has 0 bridgehead atoms. The highest BCUT2D eigenvalue weighted by molar-refractivity contribution is 5.86. The van der Waals surface area contributed by atoms with E-state index in [1.165, 1.54) is 6.92 Å². The van der Waals surface area contributed by atoms with Gasteiger partial charge < -0.3 is 14.9 Å². The first-order valence-electron chi connectivity index (χ1n) is 7.86. The number of rotatable bonds is 8. The van der Waals surface area contributed by atoms with Crippen LogP contribution in [-0.4, -0.2) is 40.4 Å². The summed E-state index contributed by atoms with van der Waals surface area (Å²) in [5.41, 5.74) is -0.966. The monoisotopic (exact) mass is 347 g/mol. The van der Waals surface area contributed by atoms with Gasteiger partial charge in [0.2, 0.25) is 5.54 Å². The van der Waals surface area contributed by atoms with Crippen LogP contribution in [0.1, 0.15) is 31.2 Å². The number of benzene rings is 2. The molecular formula is C18H21NO6. The number of fused-ring (bicyclic) bond motifs is 1. The van der Waals surface area contributed by atoms with Crippen molar-refractivity contribution >= 4 is 16.7 Å². The second-order valence-corrected chi connectivity index (χ2v) is 6.31. The molecule has 0 aromatic heterocycles. The van der Waals surface area contributed by atoms with Crippen molar-refractivity contribution < 1.29 is 24.7 Å². The molecule has 2 atom stereocenters. The van der Waals surface area contributed by atoms with Gasteiger partial charge in [-0.25, -0.2) is 0 Å². The molecule has 0 radical (unpaired) electrons. The molecule has 0 fully saturated rings. The number of hydrogen-bond donors (Lipinski definition) is 2. The van der Waals surface area contributed by atoms with Crippen molar-refractivity contribution in [2.45, 2.75) is 31.2 Å². The normalized spacial score (nSPS) is 14.7. The average Bonchev–Trinajstić information content (AvgIpc) is 2.60. The smallest absolute Gasteiger partial charge is 0.310 e. The standard InChI is InChI=1S/C18H21NO6/c1-18(11-20,19(23)24)8-7-16(17(21)22)14-4-3-13-10-15(25-2)6-5-12(13)9-14/h3-6,9-10,16,20H,7-8,11H2,1-2H3,(H,21,22)/t16-,18?/m0/s1. The number of nitro groups is 1. The molecule has 0 spiro atoms. The van der Waals surface area contributed by atoms with Crippen LogP contribution in [0.15, 0.2) is 36.4 Å². The Balaban J connectivity index is 2.29. The fraction of sp³-hybridized carbons (Fsp3) is 0.389. The second kappa shape index (κ2) is 7.48. The summed E-state index contributed by atoms with van der Waals surface area (Å²) >= 11 is 0. The van der Waals surface area contributed by atoms with E-state index in [0.29, 0.717) is 11.3 Å². The third-order valence-electron chi connectivity index (χ3n) is 4.52. The van der Waals surface area contributed by atoms with Crippen molar-refractivity contribution in [3.63, 3.8) is 0 Å². The van der Waals surface area contributed by atoms with E-state index in [4.69, 9.17) is 4.74 Å². The van der Waals surface area contributed by atoms with Gasteiger partial charge in [-0.05, 0) is 34.9 Å². The van der Waals surface area contributed by atoms with Crippen LogP contribution in [0.3, 0.4) is 0 Å². The van der Waals surface area contributed by atoms with Gasteiger partial charge in [0, 0.05) is 18.3 Å². The number of carboxylic acid groups (broad SMARTS) is 1. The van der Waals surface area contributed by atoms with E-state index >= 15 is 0 Å². The highest BCUT2D eigenvalue weighted by Crippen LogP contribution is 2.30. The van der Waals surface area contributed by atoms with Gasteiger partial charge in [-0.1, -0.05) is 24.3 Å². The summed E-state index contributed by atoms with van der Waals surface area (Å²) in [6.45, 7) is 0.683. The van der Waals surface area contributed by atoms with Crippen LogP contribution in [-0.2, 0) is 4.79 Å². The number of carbonyl (C=O) groups is 1. The van der Waals surface area contributed by atoms with Crippen molar-refractivity contribution in [2.24, 2.45) is 0 Å². The highest BCUT2D eigenvalue weighted by Gasteiger charge is 2.37. The van der Waals surface area contributed by atoms with Crippen molar-refractivity contribution in [1.82, 2.24) is 0 Å². The number of aliphatic hydroxyl groups excluding tert-OH is 1. The summed E-state index contributed by atoms with van der Waals surface area (Å²) in [4.78, 5) is 22.2. The van der Waals surface area contributed by atoms with Gasteiger partial charge in [0.25, 0.3) is 0 Å². The minimum Gasteiger partial charge on any atom is -0.497 e. The van der Waals surface area contributed by atoms with Gasteiger partial charge in [-0.15, -0.1) is 0 Å². The minimum atomic E-state index is -1.54. The van der Waals surface area contributed by atoms with E-state index in [1.54, 1.807) is 25.3 Å². The van der Waals surface area contributed by atoms with Crippen LogP contribution in [0.2, 0.25) is 0 Å². The third-order valence-corrected chi connectivity index (χ3v) is 4.52. The molecule has 0 amide bonds. The molecule has 2 N–H and O–H groups in total. The van der Waals surface area contributed by atoms with E-state index in [1.807, 2.05) is 18.2 Å². The quantitative estimate of drug-likeness (QED) is 0.561. The first-order chi connectivity index (χ1) is 11.8. The number of aliphatic hydroxyl groups is 1. The molecule has 0 saturated carbocycles. The van der Waals surface area contributed by atoms with Gasteiger partial charge in [0.15, 0.2) is 0 Å². The molecule has 0 aliphatic heterocycles. The predicted molar refractivity (Wildman–Crippen MR) is 92.6 cm³/mol. The van der Waals surface area contributed by atoms with Crippen LogP contribution < -0.4 is 4.74 Å². The zero-order valence-electron chi connectivity index (χ0n) is 14.1. The Kier molecular flexibility index (Phi) is 5.58. The van der Waals surface area contributed by atoms with Crippen molar-refractivity contribution in [1.29, 1.82) is 0 Å². The summed E-state index contributed by atoms with van der Waals surface area (Å²) in [6.07, 6.45) is 0.0309. The van der Waals surface area contributed by atoms with E-state index in [-0.39, 0.29) is 12.8 Å². The maximum Gasteiger partial charge on any atom is 0.310 e. The zero-order valence-corrected chi connectivity index (χ0v) is 14.1. The zero-order chi connectivity index (χ0) is 18.6. The van der Waals surface area contributed by atoms with Crippen LogP contribution in [0.5, 0.6) is 5.75 Å². The molecule has 25 heavy (non-hydrogen) atoms. The summed E-state index contributed by atoms with van der Waals surface area (Å²) in [6, 6.07) is 10.8. The minimum absolute atomic E-state index is 0.0336. The van der Waals surface area contributed by atoms with Crippen molar-refractivity contribution in [2.75, 3.05) is 13.7 Å². The van der Waals surface area contributed by atoms with Crippen molar-refractivity contribution in [3.8, 4) is 5.75 Å². The first kappa shape index (κ1) is 18.7. The molecule has 2 aromatic rings. The Morgan fingerprint density at radius 2 is 1.92 bits per heavy atom. The Hall–Kier alpha value is -2.67. The number of ether oxygens (including phenoxy) is 1. The Labute approximate surface area is 145 Å². The topological polar surface area (TPSA) is 110 Å². The lowest BCUT2D eigenvalue weighted by atomic mass is 9.87. The average molecular weight is 347 g/mol. The first-order valence-corrected chi connectivity index (χ1v) is 7.86. The number of nitrogens with zero attached hydrogens (tertiary/aromatic N) is 1. The van der Waals surface area contributed by atoms with E-state index in [9.17, 15) is 25.1 Å². The van der Waals surface area contributed by atoms with Gasteiger partial charge in [-0.3, -0.25) is 14.9 Å². The Morgan fingerprint density at radius 3 is 2.48 bits per heavy atom. The molecule has 2 rings (SSSR count).